The number of sulfonamides is 1. The number of unbranched alkanes of at least 4 members (excludes halogenated alkanes) is 1. The zero-order valence-corrected chi connectivity index (χ0v) is 23.9. The quantitative estimate of drug-likeness (QED) is 0.352. The molecule has 0 saturated carbocycles. The molecule has 38 heavy (non-hydrogen) atoms. The molecule has 1 aliphatic rings. The molecule has 204 valence electrons. The molecule has 1 saturated heterocycles. The van der Waals surface area contributed by atoms with Crippen molar-refractivity contribution in [3.05, 3.63) is 63.5 Å². The predicted molar refractivity (Wildman–Crippen MR) is 151 cm³/mol. The van der Waals surface area contributed by atoms with Gasteiger partial charge in [0.1, 0.15) is 10.9 Å². The van der Waals surface area contributed by atoms with E-state index >= 15 is 0 Å². The molecule has 1 unspecified atom stereocenters. The largest absolute Gasteiger partial charge is 0.374 e. The predicted octanol–water partition coefficient (Wildman–Crippen LogP) is 4.70. The summed E-state index contributed by atoms with van der Waals surface area (Å²) in [7, 11) is -3.87. The van der Waals surface area contributed by atoms with Gasteiger partial charge < -0.3 is 15.4 Å². The molecule has 3 aromatic rings. The van der Waals surface area contributed by atoms with Crippen molar-refractivity contribution < 1.29 is 22.7 Å². The normalized spacial score (nSPS) is 17.3. The molecule has 1 fully saturated rings. The first kappa shape index (κ1) is 28.8. The number of halogens is 2. The van der Waals surface area contributed by atoms with Crippen molar-refractivity contribution >= 4 is 66.5 Å². The van der Waals surface area contributed by atoms with Crippen LogP contribution in [0, 0.1) is 0 Å². The number of nitrogens with one attached hydrogen (secondary N) is 2. The molecule has 8 nitrogen and oxygen atoms in total. The number of ether oxygens (including phenoxy) is 1. The van der Waals surface area contributed by atoms with Gasteiger partial charge >= 0.3 is 0 Å². The second-order valence-corrected chi connectivity index (χ2v) is 12.8. The number of hydrogen-bond acceptors (Lipinski definition) is 6. The highest BCUT2D eigenvalue weighted by atomic mass is 35.5. The highest BCUT2D eigenvalue weighted by molar-refractivity contribution is 7.89. The minimum Gasteiger partial charge on any atom is -0.374 e. The molecule has 2 heterocycles. The molecule has 2 aromatic carbocycles. The molecule has 1 aliphatic heterocycles. The summed E-state index contributed by atoms with van der Waals surface area (Å²) >= 11 is 13.4. The minimum atomic E-state index is -3.87. The van der Waals surface area contributed by atoms with E-state index in [4.69, 9.17) is 27.9 Å². The third-order valence-electron chi connectivity index (χ3n) is 6.23. The summed E-state index contributed by atoms with van der Waals surface area (Å²) in [6, 6.07) is 13.1. The second kappa shape index (κ2) is 12.8. The van der Waals surface area contributed by atoms with Gasteiger partial charge in [-0.15, -0.1) is 11.3 Å². The van der Waals surface area contributed by atoms with Gasteiger partial charge in [-0.2, -0.15) is 4.31 Å². The Morgan fingerprint density at radius 2 is 1.97 bits per heavy atom. The van der Waals surface area contributed by atoms with Crippen molar-refractivity contribution in [3.8, 4) is 0 Å². The number of fused-ring (bicyclic) bond motifs is 1. The van der Waals surface area contributed by atoms with E-state index in [9.17, 15) is 18.0 Å². The lowest BCUT2D eigenvalue weighted by Gasteiger charge is -2.32. The standard InChI is InChI=1S/C26H29Cl2N3O5S2/c1-2-3-7-21(30-26(33)23-13-17-6-4-5-8-22(17)37-23)25(32)29-15-19-16-31(11-12-36-19)38(34,35)24-10-9-18(27)14-20(24)28/h4-6,8-10,13-14,19,21H,2-3,7,11-12,15-16H2,1H3,(H,29,32)(H,30,33)/t19?,21-/m0/s1. The Hall–Kier alpha value is -2.21. The van der Waals surface area contributed by atoms with Gasteiger partial charge in [0.15, 0.2) is 0 Å². The summed E-state index contributed by atoms with van der Waals surface area (Å²) in [5.74, 6) is -0.634. The number of hydrogen-bond donors (Lipinski definition) is 2. The summed E-state index contributed by atoms with van der Waals surface area (Å²) < 4.78 is 34.3. The molecular formula is C26H29Cl2N3O5S2. The van der Waals surface area contributed by atoms with Gasteiger partial charge in [-0.25, -0.2) is 8.42 Å². The Morgan fingerprint density at radius 1 is 1.18 bits per heavy atom. The van der Waals surface area contributed by atoms with E-state index in [1.165, 1.54) is 33.8 Å². The minimum absolute atomic E-state index is 0.0307. The zero-order valence-electron chi connectivity index (χ0n) is 20.8. The zero-order chi connectivity index (χ0) is 27.3. The summed E-state index contributed by atoms with van der Waals surface area (Å²) in [5, 5.41) is 7.07. The average molecular weight is 599 g/mol. The third kappa shape index (κ3) is 6.86. The van der Waals surface area contributed by atoms with Crippen molar-refractivity contribution in [1.29, 1.82) is 0 Å². The van der Waals surface area contributed by atoms with Crippen LogP contribution in [0.4, 0.5) is 0 Å². The number of nitrogens with zero attached hydrogens (tertiary/aromatic N) is 1. The fraction of sp³-hybridized carbons (Fsp3) is 0.385. The molecule has 0 spiro atoms. The van der Waals surface area contributed by atoms with Gasteiger partial charge in [-0.3, -0.25) is 9.59 Å². The smallest absolute Gasteiger partial charge is 0.262 e. The van der Waals surface area contributed by atoms with Crippen LogP contribution in [-0.2, 0) is 19.6 Å². The monoisotopic (exact) mass is 597 g/mol. The van der Waals surface area contributed by atoms with E-state index in [1.54, 1.807) is 0 Å². The van der Waals surface area contributed by atoms with Crippen LogP contribution >= 0.6 is 34.5 Å². The Balaban J connectivity index is 1.38. The summed E-state index contributed by atoms with van der Waals surface area (Å²) in [4.78, 5) is 26.5. The first-order valence-corrected chi connectivity index (χ1v) is 15.3. The highest BCUT2D eigenvalue weighted by Gasteiger charge is 2.33. The third-order valence-corrected chi connectivity index (χ3v) is 9.93. The SMILES string of the molecule is CCCC[C@H](NC(=O)c1cc2ccccc2s1)C(=O)NCC1CN(S(=O)(=O)c2ccc(Cl)cc2Cl)CCO1. The van der Waals surface area contributed by atoms with Gasteiger partial charge in [0, 0.05) is 29.4 Å². The van der Waals surface area contributed by atoms with E-state index in [0.29, 0.717) is 16.3 Å². The van der Waals surface area contributed by atoms with Gasteiger partial charge in [-0.1, -0.05) is 61.2 Å². The lowest BCUT2D eigenvalue weighted by Crippen LogP contribution is -2.52. The van der Waals surface area contributed by atoms with E-state index < -0.39 is 22.2 Å². The summed E-state index contributed by atoms with van der Waals surface area (Å²) in [6.07, 6.45) is 1.56. The van der Waals surface area contributed by atoms with E-state index in [-0.39, 0.29) is 48.0 Å². The van der Waals surface area contributed by atoms with E-state index in [1.807, 2.05) is 37.3 Å². The Labute approximate surface area is 236 Å². The molecule has 2 amide bonds. The Bertz CT molecular complexity index is 1380. The number of rotatable bonds is 10. The average Bonchev–Trinajstić information content (AvgIpc) is 3.34. The van der Waals surface area contributed by atoms with Crippen LogP contribution in [0.25, 0.3) is 10.1 Å². The first-order valence-electron chi connectivity index (χ1n) is 12.3. The van der Waals surface area contributed by atoms with Crippen LogP contribution in [0.3, 0.4) is 0 Å². The lowest BCUT2D eigenvalue weighted by molar-refractivity contribution is -0.124. The molecular weight excluding hydrogens is 569 g/mol. The highest BCUT2D eigenvalue weighted by Crippen LogP contribution is 2.29. The number of amides is 2. The number of thiophene rings is 1. The van der Waals surface area contributed by atoms with Crippen molar-refractivity contribution in [2.75, 3.05) is 26.2 Å². The lowest BCUT2D eigenvalue weighted by atomic mass is 10.1. The summed E-state index contributed by atoms with van der Waals surface area (Å²) in [6.45, 7) is 2.50. The first-order chi connectivity index (χ1) is 18.2. The molecule has 2 N–H and O–H groups in total. The van der Waals surface area contributed by atoms with Crippen molar-refractivity contribution in [3.63, 3.8) is 0 Å². The van der Waals surface area contributed by atoms with Crippen molar-refractivity contribution in [2.24, 2.45) is 0 Å². The van der Waals surface area contributed by atoms with Crippen molar-refractivity contribution in [2.45, 2.75) is 43.2 Å². The number of benzene rings is 2. The maximum Gasteiger partial charge on any atom is 0.262 e. The second-order valence-electron chi connectivity index (χ2n) is 8.99. The topological polar surface area (TPSA) is 105 Å². The maximum atomic E-state index is 13.2. The molecule has 4 rings (SSSR count). The molecule has 12 heteroatoms. The fourth-order valence-corrected chi connectivity index (χ4v) is 7.36. The summed E-state index contributed by atoms with van der Waals surface area (Å²) in [5.41, 5.74) is 0. The number of morpholine rings is 1. The van der Waals surface area contributed by atoms with Crippen LogP contribution in [0.1, 0.15) is 35.9 Å². The molecule has 2 atom stereocenters. The van der Waals surface area contributed by atoms with Gasteiger partial charge in [0.2, 0.25) is 15.9 Å². The van der Waals surface area contributed by atoms with E-state index in [2.05, 4.69) is 10.6 Å². The van der Waals surface area contributed by atoms with Crippen LogP contribution < -0.4 is 10.6 Å². The molecule has 0 radical (unpaired) electrons. The molecule has 0 bridgehead atoms. The van der Waals surface area contributed by atoms with Crippen LogP contribution in [0.5, 0.6) is 0 Å². The van der Waals surface area contributed by atoms with Gasteiger partial charge in [0.05, 0.1) is 22.6 Å². The number of carbonyl (C=O) groups is 2. The van der Waals surface area contributed by atoms with Crippen LogP contribution in [0.2, 0.25) is 10.0 Å². The number of carbonyl (C=O) groups excluding carboxylic acids is 2. The van der Waals surface area contributed by atoms with Gasteiger partial charge in [0.25, 0.3) is 5.91 Å². The van der Waals surface area contributed by atoms with Crippen LogP contribution in [0.15, 0.2) is 53.4 Å². The van der Waals surface area contributed by atoms with Crippen molar-refractivity contribution in [1.82, 2.24) is 14.9 Å². The van der Waals surface area contributed by atoms with E-state index in [0.717, 1.165) is 22.9 Å². The fourth-order valence-electron chi connectivity index (χ4n) is 4.20. The van der Waals surface area contributed by atoms with Crippen LogP contribution in [-0.4, -0.2) is 62.9 Å². The van der Waals surface area contributed by atoms with Gasteiger partial charge in [-0.05, 0) is 42.1 Å². The maximum absolute atomic E-state index is 13.2. The molecule has 0 aliphatic carbocycles. The Morgan fingerprint density at radius 3 is 2.71 bits per heavy atom. The molecule has 1 aromatic heterocycles. The Kier molecular flexibility index (Phi) is 9.67.